The van der Waals surface area contributed by atoms with Crippen LogP contribution in [0.15, 0.2) is 48.7 Å². The summed E-state index contributed by atoms with van der Waals surface area (Å²) < 4.78 is 2.22. The molecule has 5 heteroatoms. The number of rotatable bonds is 3. The van der Waals surface area contributed by atoms with E-state index in [9.17, 15) is 0 Å². The predicted octanol–water partition coefficient (Wildman–Crippen LogP) is 3.90. The molecule has 1 aliphatic heterocycles. The lowest BCUT2D eigenvalue weighted by Crippen LogP contribution is -2.34. The van der Waals surface area contributed by atoms with Crippen molar-refractivity contribution in [2.75, 3.05) is 13.1 Å². The van der Waals surface area contributed by atoms with Crippen molar-refractivity contribution in [2.24, 2.45) is 0 Å². The van der Waals surface area contributed by atoms with Gasteiger partial charge in [-0.15, -0.1) is 0 Å². The van der Waals surface area contributed by atoms with Crippen LogP contribution in [0.2, 0.25) is 0 Å². The first kappa shape index (κ1) is 15.6. The van der Waals surface area contributed by atoms with Crippen molar-refractivity contribution in [2.45, 2.75) is 32.2 Å². The van der Waals surface area contributed by atoms with Crippen molar-refractivity contribution in [1.82, 2.24) is 24.3 Å². The molecule has 4 aromatic rings. The number of hydrogen-bond donors (Lipinski definition) is 1. The van der Waals surface area contributed by atoms with Crippen LogP contribution >= 0.6 is 0 Å². The summed E-state index contributed by atoms with van der Waals surface area (Å²) in [6.07, 6.45) is 4.52. The maximum Gasteiger partial charge on any atom is 0.137 e. The molecule has 0 amide bonds. The summed E-state index contributed by atoms with van der Waals surface area (Å²) in [6, 6.07) is 14.5. The normalized spacial score (nSPS) is 18.7. The van der Waals surface area contributed by atoms with Crippen LogP contribution < -0.4 is 0 Å². The standard InChI is InChI=1S/C21H23N5/c1-15-19(26-12-5-4-10-20(26)22-15)14-25-11-6-7-16(13-25)21-23-17-8-2-3-9-18(17)24-21/h2-5,8-10,12,16H,6-7,11,13-14H2,1H3,(H,23,24)/t16-/m1/s1. The molecular weight excluding hydrogens is 322 g/mol. The average molecular weight is 345 g/mol. The van der Waals surface area contributed by atoms with Crippen molar-refractivity contribution in [3.8, 4) is 0 Å². The van der Waals surface area contributed by atoms with Crippen molar-refractivity contribution >= 4 is 16.7 Å². The minimum Gasteiger partial charge on any atom is -0.342 e. The van der Waals surface area contributed by atoms with Gasteiger partial charge in [0.2, 0.25) is 0 Å². The number of pyridine rings is 1. The molecule has 1 fully saturated rings. The van der Waals surface area contributed by atoms with Crippen molar-refractivity contribution in [3.63, 3.8) is 0 Å². The van der Waals surface area contributed by atoms with Crippen molar-refractivity contribution in [3.05, 3.63) is 65.9 Å². The average Bonchev–Trinajstić information content (AvgIpc) is 3.24. The zero-order chi connectivity index (χ0) is 17.5. The number of aryl methyl sites for hydroxylation is 1. The van der Waals surface area contributed by atoms with Crippen LogP contribution in [0, 0.1) is 6.92 Å². The molecule has 0 spiro atoms. The second-order valence-electron chi connectivity index (χ2n) is 7.29. The Labute approximate surface area is 152 Å². The molecule has 4 heterocycles. The molecule has 5 nitrogen and oxygen atoms in total. The molecule has 1 aromatic carbocycles. The zero-order valence-electron chi connectivity index (χ0n) is 15.0. The van der Waals surface area contributed by atoms with Gasteiger partial charge < -0.3 is 9.38 Å². The number of para-hydroxylation sites is 2. The topological polar surface area (TPSA) is 49.2 Å². The molecule has 3 aromatic heterocycles. The monoisotopic (exact) mass is 345 g/mol. The van der Waals surface area contributed by atoms with Crippen LogP contribution in [0.4, 0.5) is 0 Å². The minimum absolute atomic E-state index is 0.468. The van der Waals surface area contributed by atoms with E-state index in [0.29, 0.717) is 5.92 Å². The number of piperidine rings is 1. The van der Waals surface area contributed by atoms with Gasteiger partial charge in [0.05, 0.1) is 22.4 Å². The molecular formula is C21H23N5. The first-order chi connectivity index (χ1) is 12.8. The first-order valence-electron chi connectivity index (χ1n) is 9.37. The van der Waals surface area contributed by atoms with Gasteiger partial charge in [-0.1, -0.05) is 18.2 Å². The second kappa shape index (κ2) is 6.25. The van der Waals surface area contributed by atoms with E-state index in [1.54, 1.807) is 0 Å². The van der Waals surface area contributed by atoms with E-state index in [-0.39, 0.29) is 0 Å². The summed E-state index contributed by atoms with van der Waals surface area (Å²) in [6.45, 7) is 5.23. The highest BCUT2D eigenvalue weighted by atomic mass is 15.2. The number of nitrogens with zero attached hydrogens (tertiary/aromatic N) is 4. The quantitative estimate of drug-likeness (QED) is 0.613. The Morgan fingerprint density at radius 1 is 1.12 bits per heavy atom. The Kier molecular flexibility index (Phi) is 3.75. The summed E-state index contributed by atoms with van der Waals surface area (Å²) in [5.74, 6) is 1.60. The summed E-state index contributed by atoms with van der Waals surface area (Å²) >= 11 is 0. The fraction of sp³-hybridized carbons (Fsp3) is 0.333. The van der Waals surface area contributed by atoms with Crippen molar-refractivity contribution in [1.29, 1.82) is 0 Å². The molecule has 0 radical (unpaired) electrons. The Morgan fingerprint density at radius 3 is 2.92 bits per heavy atom. The van der Waals surface area contributed by atoms with Crippen LogP contribution in [0.25, 0.3) is 16.7 Å². The van der Waals surface area contributed by atoms with Gasteiger partial charge >= 0.3 is 0 Å². The molecule has 0 unspecified atom stereocenters. The Morgan fingerprint density at radius 2 is 2.00 bits per heavy atom. The maximum absolute atomic E-state index is 4.84. The van der Waals surface area contributed by atoms with Crippen LogP contribution in [-0.2, 0) is 6.54 Å². The number of H-pyrrole nitrogens is 1. The lowest BCUT2D eigenvalue weighted by molar-refractivity contribution is 0.194. The lowest BCUT2D eigenvalue weighted by Gasteiger charge is -2.31. The number of aromatic amines is 1. The molecule has 1 atom stereocenters. The lowest BCUT2D eigenvalue weighted by atomic mass is 9.97. The molecule has 1 aliphatic rings. The number of fused-ring (bicyclic) bond motifs is 2. The fourth-order valence-electron chi connectivity index (χ4n) is 4.15. The Bertz CT molecular complexity index is 1030. The Balaban J connectivity index is 1.39. The number of nitrogens with one attached hydrogen (secondary N) is 1. The van der Waals surface area contributed by atoms with Crippen LogP contribution in [-0.4, -0.2) is 37.3 Å². The summed E-state index contributed by atoms with van der Waals surface area (Å²) in [4.78, 5) is 15.6. The van der Waals surface area contributed by atoms with Crippen LogP contribution in [0.3, 0.4) is 0 Å². The molecule has 0 bridgehead atoms. The van der Waals surface area contributed by atoms with Gasteiger partial charge in [0.15, 0.2) is 0 Å². The van der Waals surface area contributed by atoms with E-state index in [4.69, 9.17) is 9.97 Å². The van der Waals surface area contributed by atoms with E-state index in [0.717, 1.165) is 47.8 Å². The first-order valence-corrected chi connectivity index (χ1v) is 9.37. The van der Waals surface area contributed by atoms with Gasteiger partial charge in [-0.3, -0.25) is 4.90 Å². The third kappa shape index (κ3) is 2.69. The van der Waals surface area contributed by atoms with Gasteiger partial charge in [-0.25, -0.2) is 9.97 Å². The van der Waals surface area contributed by atoms with E-state index in [1.165, 1.54) is 18.5 Å². The summed E-state index contributed by atoms with van der Waals surface area (Å²) in [7, 11) is 0. The van der Waals surface area contributed by atoms with Gasteiger partial charge in [0, 0.05) is 25.2 Å². The molecule has 1 N–H and O–H groups in total. The van der Waals surface area contributed by atoms with Gasteiger partial charge in [-0.05, 0) is 50.6 Å². The number of benzene rings is 1. The molecule has 0 aliphatic carbocycles. The highest BCUT2D eigenvalue weighted by Crippen LogP contribution is 2.28. The molecule has 0 saturated carbocycles. The van der Waals surface area contributed by atoms with Gasteiger partial charge in [0.25, 0.3) is 0 Å². The van der Waals surface area contributed by atoms with Crippen LogP contribution in [0.5, 0.6) is 0 Å². The summed E-state index contributed by atoms with van der Waals surface area (Å²) in [5, 5.41) is 0. The van der Waals surface area contributed by atoms with Crippen LogP contribution in [0.1, 0.15) is 36.0 Å². The maximum atomic E-state index is 4.84. The highest BCUT2D eigenvalue weighted by Gasteiger charge is 2.25. The van der Waals surface area contributed by atoms with E-state index in [2.05, 4.69) is 57.7 Å². The fourth-order valence-corrected chi connectivity index (χ4v) is 4.15. The summed E-state index contributed by atoms with van der Waals surface area (Å²) in [5.41, 5.74) is 5.66. The number of aromatic nitrogens is 4. The van der Waals surface area contributed by atoms with Gasteiger partial charge in [0.1, 0.15) is 11.5 Å². The Hall–Kier alpha value is -2.66. The van der Waals surface area contributed by atoms with Gasteiger partial charge in [-0.2, -0.15) is 0 Å². The number of hydrogen-bond acceptors (Lipinski definition) is 3. The van der Waals surface area contributed by atoms with E-state index >= 15 is 0 Å². The van der Waals surface area contributed by atoms with E-state index < -0.39 is 0 Å². The third-order valence-electron chi connectivity index (χ3n) is 5.50. The third-order valence-corrected chi connectivity index (χ3v) is 5.50. The minimum atomic E-state index is 0.468. The second-order valence-corrected chi connectivity index (χ2v) is 7.29. The number of likely N-dealkylation sites (tertiary alicyclic amines) is 1. The SMILES string of the molecule is Cc1nc2ccccn2c1CN1CCC[C@@H](c2nc3ccccc3[nH]2)C1. The highest BCUT2D eigenvalue weighted by molar-refractivity contribution is 5.74. The van der Waals surface area contributed by atoms with Crippen molar-refractivity contribution < 1.29 is 0 Å². The molecule has 5 rings (SSSR count). The number of imidazole rings is 2. The molecule has 132 valence electrons. The predicted molar refractivity (Wildman–Crippen MR) is 103 cm³/mol. The zero-order valence-corrected chi connectivity index (χ0v) is 15.0. The van der Waals surface area contributed by atoms with E-state index in [1.807, 2.05) is 12.1 Å². The largest absolute Gasteiger partial charge is 0.342 e. The smallest absolute Gasteiger partial charge is 0.137 e. The molecule has 26 heavy (non-hydrogen) atoms. The molecule has 1 saturated heterocycles.